The van der Waals surface area contributed by atoms with Crippen LogP contribution in [-0.2, 0) is 19.1 Å². The number of amides is 2. The number of benzene rings is 2. The van der Waals surface area contributed by atoms with Crippen molar-refractivity contribution >= 4 is 34.9 Å². The number of ketones is 1. The van der Waals surface area contributed by atoms with Gasteiger partial charge in [0.15, 0.2) is 12.4 Å². The lowest BCUT2D eigenvalue weighted by atomic mass is 10.1. The van der Waals surface area contributed by atoms with Crippen LogP contribution in [0, 0.1) is 13.8 Å². The van der Waals surface area contributed by atoms with Gasteiger partial charge in [0.1, 0.15) is 0 Å². The first-order valence-corrected chi connectivity index (χ1v) is 9.69. The topological polar surface area (TPSA) is 102 Å². The van der Waals surface area contributed by atoms with Crippen LogP contribution in [-0.4, -0.2) is 30.2 Å². The van der Waals surface area contributed by atoms with E-state index in [1.807, 2.05) is 26.0 Å². The van der Waals surface area contributed by atoms with Crippen LogP contribution in [0.5, 0.6) is 0 Å². The quantitative estimate of drug-likeness (QED) is 0.484. The number of carbonyl (C=O) groups excluding carboxylic acids is 4. The normalized spacial score (nSPS) is 10.2. The molecule has 158 valence electrons. The summed E-state index contributed by atoms with van der Waals surface area (Å²) < 4.78 is 4.97. The molecule has 2 aromatic rings. The number of aryl methyl sites for hydroxylation is 1. The number of Topliss-reactive ketones (excluding diaryl/α,β-unsaturated/α-hetero) is 1. The van der Waals surface area contributed by atoms with Crippen LogP contribution in [0.4, 0.5) is 11.4 Å². The highest BCUT2D eigenvalue weighted by molar-refractivity contribution is 5.96. The lowest BCUT2D eigenvalue weighted by Gasteiger charge is -2.10. The monoisotopic (exact) mass is 410 g/mol. The van der Waals surface area contributed by atoms with Gasteiger partial charge in [-0.1, -0.05) is 12.1 Å². The molecule has 0 radical (unpaired) electrons. The fraction of sp³-hybridized carbons (Fsp3) is 0.304. The summed E-state index contributed by atoms with van der Waals surface area (Å²) in [6, 6.07) is 12.1. The number of rotatable bonds is 9. The average molecular weight is 410 g/mol. The van der Waals surface area contributed by atoms with Gasteiger partial charge in [0.2, 0.25) is 5.91 Å². The minimum Gasteiger partial charge on any atom is -0.456 e. The van der Waals surface area contributed by atoms with E-state index in [-0.39, 0.29) is 31.1 Å². The lowest BCUT2D eigenvalue weighted by Crippen LogP contribution is -2.21. The molecule has 7 heteroatoms. The molecule has 7 nitrogen and oxygen atoms in total. The minimum absolute atomic E-state index is 0.0352. The van der Waals surface area contributed by atoms with Gasteiger partial charge < -0.3 is 15.4 Å². The Bertz CT molecular complexity index is 935. The Labute approximate surface area is 175 Å². The summed E-state index contributed by atoms with van der Waals surface area (Å²) >= 11 is 0. The van der Waals surface area contributed by atoms with Gasteiger partial charge in [-0.15, -0.1) is 0 Å². The summed E-state index contributed by atoms with van der Waals surface area (Å²) in [5.41, 5.74) is 3.84. The Morgan fingerprint density at radius 1 is 0.867 bits per heavy atom. The van der Waals surface area contributed by atoms with E-state index >= 15 is 0 Å². The van der Waals surface area contributed by atoms with Crippen molar-refractivity contribution in [3.63, 3.8) is 0 Å². The summed E-state index contributed by atoms with van der Waals surface area (Å²) in [4.78, 5) is 46.9. The van der Waals surface area contributed by atoms with Crippen molar-refractivity contribution < 1.29 is 23.9 Å². The summed E-state index contributed by atoms with van der Waals surface area (Å²) in [6.07, 6.45) is 0.473. The lowest BCUT2D eigenvalue weighted by molar-refractivity contribution is -0.147. The van der Waals surface area contributed by atoms with Crippen molar-refractivity contribution in [1.29, 1.82) is 0 Å². The highest BCUT2D eigenvalue weighted by Crippen LogP contribution is 2.17. The molecule has 0 aliphatic rings. The summed E-state index contributed by atoms with van der Waals surface area (Å²) in [6.45, 7) is 4.95. The third-order valence-corrected chi connectivity index (χ3v) is 4.60. The van der Waals surface area contributed by atoms with Crippen LogP contribution in [0.15, 0.2) is 42.5 Å². The van der Waals surface area contributed by atoms with E-state index in [1.165, 1.54) is 6.92 Å². The second-order valence-corrected chi connectivity index (χ2v) is 6.99. The Hall–Kier alpha value is -3.48. The maximum Gasteiger partial charge on any atom is 0.306 e. The predicted molar refractivity (Wildman–Crippen MR) is 114 cm³/mol. The molecule has 0 saturated carbocycles. The standard InChI is InChI=1S/C23H26N2O5/c1-15-6-4-7-20(16(15)2)25-22(28)14-30-23(29)9-5-8-21(27)24-19-12-10-18(11-13-19)17(3)26/h4,6-7,10-13H,5,8-9,14H2,1-3H3,(H,24,27)(H,25,28). The molecule has 30 heavy (non-hydrogen) atoms. The van der Waals surface area contributed by atoms with Crippen LogP contribution in [0.3, 0.4) is 0 Å². The number of hydrogen-bond donors (Lipinski definition) is 2. The van der Waals surface area contributed by atoms with Crippen molar-refractivity contribution in [1.82, 2.24) is 0 Å². The maximum atomic E-state index is 12.0. The predicted octanol–water partition coefficient (Wildman–Crippen LogP) is 3.80. The van der Waals surface area contributed by atoms with Crippen molar-refractivity contribution in [3.8, 4) is 0 Å². The van der Waals surface area contributed by atoms with Gasteiger partial charge in [0.05, 0.1) is 0 Å². The number of nitrogens with one attached hydrogen (secondary N) is 2. The van der Waals surface area contributed by atoms with E-state index in [2.05, 4.69) is 10.6 Å². The number of anilines is 2. The van der Waals surface area contributed by atoms with Gasteiger partial charge in [-0.2, -0.15) is 0 Å². The molecule has 0 bridgehead atoms. The molecule has 0 fully saturated rings. The maximum absolute atomic E-state index is 12.0. The highest BCUT2D eigenvalue weighted by atomic mass is 16.5. The smallest absolute Gasteiger partial charge is 0.306 e. The van der Waals surface area contributed by atoms with Gasteiger partial charge in [-0.05, 0) is 68.7 Å². The summed E-state index contributed by atoms with van der Waals surface area (Å²) in [7, 11) is 0. The average Bonchev–Trinajstić information content (AvgIpc) is 2.70. The molecule has 0 unspecified atom stereocenters. The Balaban J connectivity index is 1.66. The van der Waals surface area contributed by atoms with Crippen LogP contribution in [0.2, 0.25) is 0 Å². The van der Waals surface area contributed by atoms with Crippen molar-refractivity contribution in [3.05, 3.63) is 59.2 Å². The van der Waals surface area contributed by atoms with Crippen molar-refractivity contribution in [2.45, 2.75) is 40.0 Å². The highest BCUT2D eigenvalue weighted by Gasteiger charge is 2.11. The van der Waals surface area contributed by atoms with Gasteiger partial charge in [0.25, 0.3) is 5.91 Å². The Kier molecular flexibility index (Phi) is 8.29. The first-order chi connectivity index (χ1) is 14.3. The number of ether oxygens (including phenoxy) is 1. The van der Waals surface area contributed by atoms with Gasteiger partial charge in [-0.3, -0.25) is 19.2 Å². The van der Waals surface area contributed by atoms with E-state index in [9.17, 15) is 19.2 Å². The van der Waals surface area contributed by atoms with Crippen LogP contribution >= 0.6 is 0 Å². The fourth-order valence-corrected chi connectivity index (χ4v) is 2.70. The first kappa shape index (κ1) is 22.8. The minimum atomic E-state index is -0.537. The second-order valence-electron chi connectivity index (χ2n) is 6.99. The van der Waals surface area contributed by atoms with E-state index in [4.69, 9.17) is 4.74 Å². The van der Waals surface area contributed by atoms with E-state index in [0.29, 0.717) is 23.4 Å². The van der Waals surface area contributed by atoms with Crippen molar-refractivity contribution in [2.24, 2.45) is 0 Å². The number of esters is 1. The summed E-state index contributed by atoms with van der Waals surface area (Å²) in [5, 5.41) is 5.42. The molecular weight excluding hydrogens is 384 g/mol. The second kappa shape index (κ2) is 10.9. The third kappa shape index (κ3) is 7.16. The van der Waals surface area contributed by atoms with E-state index < -0.39 is 11.9 Å². The molecule has 0 atom stereocenters. The molecule has 0 aliphatic carbocycles. The van der Waals surface area contributed by atoms with E-state index in [0.717, 1.165) is 11.1 Å². The van der Waals surface area contributed by atoms with Crippen LogP contribution in [0.1, 0.15) is 47.7 Å². The molecule has 0 spiro atoms. The molecule has 0 aromatic heterocycles. The Morgan fingerprint density at radius 2 is 1.57 bits per heavy atom. The summed E-state index contributed by atoms with van der Waals surface area (Å²) in [5.74, 6) is -1.24. The SMILES string of the molecule is CC(=O)c1ccc(NC(=O)CCCC(=O)OCC(=O)Nc2cccc(C)c2C)cc1. The molecule has 2 rings (SSSR count). The molecule has 2 N–H and O–H groups in total. The van der Waals surface area contributed by atoms with Gasteiger partial charge >= 0.3 is 5.97 Å². The first-order valence-electron chi connectivity index (χ1n) is 9.69. The number of hydrogen-bond acceptors (Lipinski definition) is 5. The third-order valence-electron chi connectivity index (χ3n) is 4.60. The fourth-order valence-electron chi connectivity index (χ4n) is 2.70. The largest absolute Gasteiger partial charge is 0.456 e. The van der Waals surface area contributed by atoms with Crippen molar-refractivity contribution in [2.75, 3.05) is 17.2 Å². The zero-order chi connectivity index (χ0) is 22.1. The molecule has 0 heterocycles. The molecular formula is C23H26N2O5. The molecule has 0 saturated heterocycles. The zero-order valence-corrected chi connectivity index (χ0v) is 17.4. The zero-order valence-electron chi connectivity index (χ0n) is 17.4. The number of carbonyl (C=O) groups is 4. The van der Waals surface area contributed by atoms with E-state index in [1.54, 1.807) is 30.3 Å². The van der Waals surface area contributed by atoms with Crippen LogP contribution < -0.4 is 10.6 Å². The van der Waals surface area contributed by atoms with Gasteiger partial charge in [0, 0.05) is 29.8 Å². The molecule has 0 aliphatic heterocycles. The van der Waals surface area contributed by atoms with Crippen LogP contribution in [0.25, 0.3) is 0 Å². The molecule has 2 aromatic carbocycles. The molecule has 2 amide bonds. The Morgan fingerprint density at radius 3 is 2.23 bits per heavy atom. The van der Waals surface area contributed by atoms with Gasteiger partial charge in [-0.25, -0.2) is 0 Å².